The fourth-order valence-corrected chi connectivity index (χ4v) is 4.33. The van der Waals surface area contributed by atoms with E-state index >= 15 is 0 Å². The number of hydrogen-bond acceptors (Lipinski definition) is 3. The van der Waals surface area contributed by atoms with E-state index in [0.29, 0.717) is 11.3 Å². The largest absolute Gasteiger partial charge is 0.339 e. The van der Waals surface area contributed by atoms with Crippen molar-refractivity contribution < 1.29 is 9.59 Å². The van der Waals surface area contributed by atoms with Crippen LogP contribution >= 0.6 is 0 Å². The van der Waals surface area contributed by atoms with Crippen LogP contribution in [0.15, 0.2) is 48.5 Å². The Morgan fingerprint density at radius 2 is 1.68 bits per heavy atom. The van der Waals surface area contributed by atoms with Crippen LogP contribution in [-0.4, -0.2) is 29.8 Å². The molecule has 2 amide bonds. The Balaban J connectivity index is 1.50. The van der Waals surface area contributed by atoms with Gasteiger partial charge in [-0.25, -0.2) is 0 Å². The molecule has 3 N–H and O–H groups in total. The Morgan fingerprint density at radius 1 is 0.929 bits per heavy atom. The van der Waals surface area contributed by atoms with Gasteiger partial charge in [0.25, 0.3) is 5.91 Å². The summed E-state index contributed by atoms with van der Waals surface area (Å²) in [5.74, 6) is -0.204. The summed E-state index contributed by atoms with van der Waals surface area (Å²) < 4.78 is 0. The molecule has 2 unspecified atom stereocenters. The molecule has 146 valence electrons. The average molecular weight is 377 g/mol. The first-order valence-corrected chi connectivity index (χ1v) is 10.2. The van der Waals surface area contributed by atoms with Gasteiger partial charge in [-0.2, -0.15) is 0 Å². The summed E-state index contributed by atoms with van der Waals surface area (Å²) in [6.07, 6.45) is 4.84. The van der Waals surface area contributed by atoms with Crippen molar-refractivity contribution in [2.45, 2.75) is 44.1 Å². The second-order valence-corrected chi connectivity index (χ2v) is 7.79. The molecule has 2 aliphatic rings. The lowest BCUT2D eigenvalue weighted by molar-refractivity contribution is -0.117. The normalized spacial score (nSPS) is 21.7. The Hall–Kier alpha value is -2.66. The number of carbonyl (C=O) groups excluding carboxylic acids is 2. The first kappa shape index (κ1) is 18.7. The summed E-state index contributed by atoms with van der Waals surface area (Å²) in [5, 5.41) is 3.02. The van der Waals surface area contributed by atoms with Gasteiger partial charge in [-0.05, 0) is 61.4 Å². The third-order valence-electron chi connectivity index (χ3n) is 5.87. The minimum absolute atomic E-state index is 0.00857. The van der Waals surface area contributed by atoms with Gasteiger partial charge in [-0.3, -0.25) is 9.59 Å². The van der Waals surface area contributed by atoms with Crippen LogP contribution in [0.25, 0.3) is 0 Å². The summed E-state index contributed by atoms with van der Waals surface area (Å²) in [6, 6.07) is 15.2. The summed E-state index contributed by atoms with van der Waals surface area (Å²) in [6.45, 7) is 1.63. The van der Waals surface area contributed by atoms with Crippen LogP contribution < -0.4 is 11.1 Å². The molecule has 0 spiro atoms. The molecule has 0 aromatic heterocycles. The second-order valence-electron chi connectivity index (χ2n) is 7.79. The number of rotatable bonds is 3. The molecule has 1 aliphatic carbocycles. The topological polar surface area (TPSA) is 75.4 Å². The zero-order valence-electron chi connectivity index (χ0n) is 16.1. The van der Waals surface area contributed by atoms with Crippen molar-refractivity contribution in [3.05, 3.63) is 65.2 Å². The maximum atomic E-state index is 13.0. The fourth-order valence-electron chi connectivity index (χ4n) is 4.33. The van der Waals surface area contributed by atoms with Gasteiger partial charge in [0.05, 0.1) is 5.92 Å². The van der Waals surface area contributed by atoms with E-state index in [0.717, 1.165) is 49.9 Å². The molecule has 2 atom stereocenters. The summed E-state index contributed by atoms with van der Waals surface area (Å²) >= 11 is 0. The van der Waals surface area contributed by atoms with Gasteiger partial charge in [0.15, 0.2) is 0 Å². The number of fused-ring (bicyclic) bond motifs is 1. The smallest absolute Gasteiger partial charge is 0.253 e. The van der Waals surface area contributed by atoms with E-state index in [9.17, 15) is 9.59 Å². The zero-order chi connectivity index (χ0) is 19.5. The number of anilines is 1. The van der Waals surface area contributed by atoms with E-state index in [1.54, 1.807) is 6.07 Å². The first-order chi connectivity index (χ1) is 13.6. The zero-order valence-corrected chi connectivity index (χ0v) is 16.1. The van der Waals surface area contributed by atoms with E-state index in [4.69, 9.17) is 5.73 Å². The van der Waals surface area contributed by atoms with Crippen LogP contribution in [0, 0.1) is 0 Å². The van der Waals surface area contributed by atoms with Crippen molar-refractivity contribution in [2.75, 3.05) is 18.4 Å². The molecule has 0 radical (unpaired) electrons. The number of nitrogens with two attached hydrogens (primary N) is 1. The van der Waals surface area contributed by atoms with Crippen LogP contribution in [0.1, 0.15) is 65.5 Å². The monoisotopic (exact) mass is 377 g/mol. The number of hydrogen-bond donors (Lipinski definition) is 2. The predicted octanol–water partition coefficient (Wildman–Crippen LogP) is 3.83. The molecule has 1 fully saturated rings. The molecule has 2 aromatic carbocycles. The molecule has 1 aliphatic heterocycles. The summed E-state index contributed by atoms with van der Waals surface area (Å²) in [5.41, 5.74) is 9.58. The Morgan fingerprint density at radius 3 is 2.46 bits per heavy atom. The van der Waals surface area contributed by atoms with Gasteiger partial charge in [-0.15, -0.1) is 0 Å². The number of amides is 2. The van der Waals surface area contributed by atoms with Crippen molar-refractivity contribution in [2.24, 2.45) is 5.73 Å². The molecule has 1 heterocycles. The minimum Gasteiger partial charge on any atom is -0.339 e. The number of carbonyl (C=O) groups is 2. The quantitative estimate of drug-likeness (QED) is 0.854. The number of nitrogens with one attached hydrogen (secondary N) is 1. The molecule has 4 rings (SSSR count). The van der Waals surface area contributed by atoms with E-state index in [1.165, 1.54) is 6.42 Å². The van der Waals surface area contributed by atoms with Gasteiger partial charge < -0.3 is 16.0 Å². The highest BCUT2D eigenvalue weighted by Crippen LogP contribution is 2.36. The molecule has 2 aromatic rings. The Labute approximate surface area is 165 Å². The van der Waals surface area contributed by atoms with Crippen molar-refractivity contribution in [3.63, 3.8) is 0 Å². The highest BCUT2D eigenvalue weighted by molar-refractivity contribution is 5.99. The van der Waals surface area contributed by atoms with E-state index < -0.39 is 0 Å². The molecular formula is C23H27N3O2. The highest BCUT2D eigenvalue weighted by Gasteiger charge is 2.30. The lowest BCUT2D eigenvalue weighted by Crippen LogP contribution is -2.35. The van der Waals surface area contributed by atoms with Crippen LogP contribution in [0.2, 0.25) is 0 Å². The molecule has 5 heteroatoms. The van der Waals surface area contributed by atoms with Gasteiger partial charge in [0, 0.05) is 30.4 Å². The van der Waals surface area contributed by atoms with Crippen molar-refractivity contribution in [1.82, 2.24) is 4.90 Å². The third-order valence-corrected chi connectivity index (χ3v) is 5.87. The summed E-state index contributed by atoms with van der Waals surface area (Å²) in [4.78, 5) is 27.6. The number of likely N-dealkylation sites (tertiary alicyclic amines) is 1. The Kier molecular flexibility index (Phi) is 5.44. The molecule has 0 saturated carbocycles. The minimum atomic E-state index is -0.211. The van der Waals surface area contributed by atoms with Crippen LogP contribution in [0.3, 0.4) is 0 Å². The van der Waals surface area contributed by atoms with Crippen molar-refractivity contribution in [3.8, 4) is 0 Å². The standard InChI is InChI=1S/C23H27N3O2/c24-21-12-11-20(18-9-2-3-10-19(18)21)22(27)25-17-8-6-7-16(15-17)23(28)26-13-4-1-5-14-26/h2-3,6-10,15,20-21H,1,4-5,11-14,24H2,(H,25,27). The van der Waals surface area contributed by atoms with Gasteiger partial charge in [-0.1, -0.05) is 30.3 Å². The maximum absolute atomic E-state index is 13.0. The van der Waals surface area contributed by atoms with Gasteiger partial charge in [0.2, 0.25) is 5.91 Å². The first-order valence-electron chi connectivity index (χ1n) is 10.2. The van der Waals surface area contributed by atoms with Crippen LogP contribution in [0.5, 0.6) is 0 Å². The van der Waals surface area contributed by atoms with E-state index in [1.807, 2.05) is 47.4 Å². The molecule has 1 saturated heterocycles. The van der Waals surface area contributed by atoms with Crippen molar-refractivity contribution >= 4 is 17.5 Å². The Bertz CT molecular complexity index is 874. The molecule has 28 heavy (non-hydrogen) atoms. The molecule has 5 nitrogen and oxygen atoms in total. The average Bonchev–Trinajstić information content (AvgIpc) is 2.74. The lowest BCUT2D eigenvalue weighted by atomic mass is 9.80. The van der Waals surface area contributed by atoms with E-state index in [2.05, 4.69) is 5.32 Å². The third kappa shape index (κ3) is 3.80. The molecular weight excluding hydrogens is 350 g/mol. The van der Waals surface area contributed by atoms with Gasteiger partial charge >= 0.3 is 0 Å². The number of nitrogens with zero attached hydrogens (tertiary/aromatic N) is 1. The molecule has 0 bridgehead atoms. The highest BCUT2D eigenvalue weighted by atomic mass is 16.2. The van der Waals surface area contributed by atoms with Crippen LogP contribution in [-0.2, 0) is 4.79 Å². The lowest BCUT2D eigenvalue weighted by Gasteiger charge is -2.29. The number of benzene rings is 2. The van der Waals surface area contributed by atoms with Gasteiger partial charge in [0.1, 0.15) is 0 Å². The predicted molar refractivity (Wildman–Crippen MR) is 110 cm³/mol. The second kappa shape index (κ2) is 8.15. The van der Waals surface area contributed by atoms with E-state index in [-0.39, 0.29) is 23.8 Å². The van der Waals surface area contributed by atoms with Crippen molar-refractivity contribution in [1.29, 1.82) is 0 Å². The van der Waals surface area contributed by atoms with Crippen LogP contribution in [0.4, 0.5) is 5.69 Å². The number of piperidine rings is 1. The summed E-state index contributed by atoms with van der Waals surface area (Å²) in [7, 11) is 0. The fraction of sp³-hybridized carbons (Fsp3) is 0.391. The SMILES string of the molecule is NC1CCC(C(=O)Nc2cccc(C(=O)N3CCCCC3)c2)c2ccccc21. The maximum Gasteiger partial charge on any atom is 0.253 e.